The minimum absolute atomic E-state index is 0.0787. The summed E-state index contributed by atoms with van der Waals surface area (Å²) >= 11 is 0. The van der Waals surface area contributed by atoms with Gasteiger partial charge in [0.25, 0.3) is 0 Å². The van der Waals surface area contributed by atoms with E-state index in [1.54, 1.807) is 19.4 Å². The molecule has 2 rings (SSSR count). The maximum Gasteiger partial charge on any atom is 0.159 e. The third-order valence-corrected chi connectivity index (χ3v) is 2.53. The van der Waals surface area contributed by atoms with Gasteiger partial charge in [-0.05, 0) is 36.8 Å². The Morgan fingerprint density at radius 1 is 1.29 bits per heavy atom. The molecule has 1 N–H and O–H groups in total. The van der Waals surface area contributed by atoms with Gasteiger partial charge in [0.2, 0.25) is 0 Å². The van der Waals surface area contributed by atoms with Crippen LogP contribution in [0.25, 0.3) is 11.4 Å². The number of aromatic nitrogens is 2. The summed E-state index contributed by atoms with van der Waals surface area (Å²) in [6.07, 6.45) is 1.65. The first-order valence-electron chi connectivity index (χ1n) is 5.32. The van der Waals surface area contributed by atoms with Gasteiger partial charge in [-0.3, -0.25) is 0 Å². The Morgan fingerprint density at radius 2 is 2.12 bits per heavy atom. The Kier molecular flexibility index (Phi) is 3.35. The zero-order chi connectivity index (χ0) is 12.3. The molecule has 2 aromatic rings. The Labute approximate surface area is 99.9 Å². The van der Waals surface area contributed by atoms with Gasteiger partial charge in [0.15, 0.2) is 5.82 Å². The maximum atomic E-state index is 9.04. The number of benzene rings is 1. The highest BCUT2D eigenvalue weighted by atomic mass is 16.5. The second-order valence-electron chi connectivity index (χ2n) is 3.71. The lowest BCUT2D eigenvalue weighted by molar-refractivity contribution is 0.277. The molecule has 88 valence electrons. The first kappa shape index (κ1) is 11.5. The minimum atomic E-state index is -0.0787. The highest BCUT2D eigenvalue weighted by Gasteiger charge is 2.05. The molecule has 1 aromatic heterocycles. The maximum absolute atomic E-state index is 9.04. The molecule has 4 heteroatoms. The summed E-state index contributed by atoms with van der Waals surface area (Å²) in [4.78, 5) is 8.45. The van der Waals surface area contributed by atoms with Gasteiger partial charge in [0, 0.05) is 11.8 Å². The molecule has 0 radical (unpaired) electrons. The van der Waals surface area contributed by atoms with Gasteiger partial charge in [-0.25, -0.2) is 9.97 Å². The van der Waals surface area contributed by atoms with Crippen LogP contribution in [0, 0.1) is 6.92 Å². The van der Waals surface area contributed by atoms with Gasteiger partial charge < -0.3 is 9.84 Å². The fraction of sp³-hybridized carbons (Fsp3) is 0.231. The highest BCUT2D eigenvalue weighted by molar-refractivity contribution is 5.58. The van der Waals surface area contributed by atoms with Crippen molar-refractivity contribution in [2.75, 3.05) is 7.11 Å². The van der Waals surface area contributed by atoms with Crippen LogP contribution in [0.4, 0.5) is 0 Å². The van der Waals surface area contributed by atoms with Gasteiger partial charge in [-0.15, -0.1) is 0 Å². The Morgan fingerprint density at radius 3 is 2.76 bits per heavy atom. The van der Waals surface area contributed by atoms with E-state index >= 15 is 0 Å². The van der Waals surface area contributed by atoms with Crippen LogP contribution in [0.5, 0.6) is 5.75 Å². The van der Waals surface area contributed by atoms with Gasteiger partial charge in [-0.1, -0.05) is 0 Å². The molecule has 17 heavy (non-hydrogen) atoms. The zero-order valence-electron chi connectivity index (χ0n) is 9.84. The first-order chi connectivity index (χ1) is 8.24. The van der Waals surface area contributed by atoms with Crippen molar-refractivity contribution in [3.63, 3.8) is 0 Å². The molecule has 0 bridgehead atoms. The normalized spacial score (nSPS) is 10.3. The zero-order valence-corrected chi connectivity index (χ0v) is 9.84. The summed E-state index contributed by atoms with van der Waals surface area (Å²) in [5.41, 5.74) is 2.56. The number of ether oxygens (including phenoxy) is 1. The molecule has 0 aliphatic rings. The predicted molar refractivity (Wildman–Crippen MR) is 64.7 cm³/mol. The number of hydrogen-bond acceptors (Lipinski definition) is 4. The number of aliphatic hydroxyl groups excluding tert-OH is 1. The number of aliphatic hydroxyl groups is 1. The van der Waals surface area contributed by atoms with Crippen LogP contribution >= 0.6 is 0 Å². The third kappa shape index (κ3) is 2.42. The van der Waals surface area contributed by atoms with E-state index in [9.17, 15) is 0 Å². The Hall–Kier alpha value is -1.94. The summed E-state index contributed by atoms with van der Waals surface area (Å²) in [6, 6.07) is 7.46. The van der Waals surface area contributed by atoms with E-state index in [4.69, 9.17) is 9.84 Å². The molecule has 0 fully saturated rings. The van der Waals surface area contributed by atoms with E-state index in [-0.39, 0.29) is 6.61 Å². The average Bonchev–Trinajstić information content (AvgIpc) is 2.38. The van der Waals surface area contributed by atoms with E-state index in [0.717, 1.165) is 16.9 Å². The molecule has 0 atom stereocenters. The van der Waals surface area contributed by atoms with Crippen molar-refractivity contribution < 1.29 is 9.84 Å². The van der Waals surface area contributed by atoms with Crippen LogP contribution in [0.3, 0.4) is 0 Å². The molecule has 1 heterocycles. The van der Waals surface area contributed by atoms with Gasteiger partial charge in [-0.2, -0.15) is 0 Å². The monoisotopic (exact) mass is 230 g/mol. The molecule has 0 saturated carbocycles. The molecular weight excluding hydrogens is 216 g/mol. The number of nitrogens with zero attached hydrogens (tertiary/aromatic N) is 2. The summed E-state index contributed by atoms with van der Waals surface area (Å²) in [5, 5.41) is 9.04. The Balaban J connectivity index is 2.42. The summed E-state index contributed by atoms with van der Waals surface area (Å²) in [6.45, 7) is 1.89. The van der Waals surface area contributed by atoms with E-state index < -0.39 is 0 Å². The number of methoxy groups -OCH3 is 1. The summed E-state index contributed by atoms with van der Waals surface area (Å²) < 4.78 is 5.20. The third-order valence-electron chi connectivity index (χ3n) is 2.53. The van der Waals surface area contributed by atoms with Crippen molar-refractivity contribution >= 4 is 0 Å². The SMILES string of the molecule is COc1ccc(-c2nccc(CO)n2)cc1C. The van der Waals surface area contributed by atoms with E-state index in [0.29, 0.717) is 11.5 Å². The number of rotatable bonds is 3. The van der Waals surface area contributed by atoms with Gasteiger partial charge >= 0.3 is 0 Å². The fourth-order valence-electron chi connectivity index (χ4n) is 1.64. The quantitative estimate of drug-likeness (QED) is 0.875. The van der Waals surface area contributed by atoms with Crippen LogP contribution in [-0.2, 0) is 6.61 Å². The van der Waals surface area contributed by atoms with Crippen LogP contribution < -0.4 is 4.74 Å². The molecule has 1 aromatic carbocycles. The fourth-order valence-corrected chi connectivity index (χ4v) is 1.64. The van der Waals surface area contributed by atoms with Crippen LogP contribution in [0.15, 0.2) is 30.5 Å². The van der Waals surface area contributed by atoms with Gasteiger partial charge in [0.1, 0.15) is 5.75 Å². The molecule has 0 aliphatic heterocycles. The van der Waals surface area contributed by atoms with Crippen molar-refractivity contribution in [1.29, 1.82) is 0 Å². The molecule has 0 saturated heterocycles. The average molecular weight is 230 g/mol. The molecular formula is C13H14N2O2. The van der Waals surface area contributed by atoms with Crippen LogP contribution in [0.1, 0.15) is 11.3 Å². The van der Waals surface area contributed by atoms with Crippen LogP contribution in [0.2, 0.25) is 0 Å². The van der Waals surface area contributed by atoms with E-state index in [1.165, 1.54) is 0 Å². The topological polar surface area (TPSA) is 55.2 Å². The largest absolute Gasteiger partial charge is 0.496 e. The number of hydrogen-bond donors (Lipinski definition) is 1. The van der Waals surface area contributed by atoms with Gasteiger partial charge in [0.05, 0.1) is 19.4 Å². The van der Waals surface area contributed by atoms with Crippen molar-refractivity contribution in [3.8, 4) is 17.1 Å². The second kappa shape index (κ2) is 4.93. The lowest BCUT2D eigenvalue weighted by Crippen LogP contribution is -1.95. The van der Waals surface area contributed by atoms with E-state index in [1.807, 2.05) is 25.1 Å². The van der Waals surface area contributed by atoms with Crippen LogP contribution in [-0.4, -0.2) is 22.2 Å². The lowest BCUT2D eigenvalue weighted by Gasteiger charge is -2.07. The smallest absolute Gasteiger partial charge is 0.159 e. The molecule has 0 amide bonds. The first-order valence-corrected chi connectivity index (χ1v) is 5.32. The van der Waals surface area contributed by atoms with Crippen molar-refractivity contribution in [3.05, 3.63) is 41.7 Å². The Bertz CT molecular complexity index is 527. The molecule has 0 unspecified atom stereocenters. The molecule has 0 spiro atoms. The van der Waals surface area contributed by atoms with Crippen molar-refractivity contribution in [2.45, 2.75) is 13.5 Å². The standard InChI is InChI=1S/C13H14N2O2/c1-9-7-10(3-4-12(9)17-2)13-14-6-5-11(8-16)15-13/h3-7,16H,8H2,1-2H3. The molecule has 0 aliphatic carbocycles. The van der Waals surface area contributed by atoms with Crippen molar-refractivity contribution in [1.82, 2.24) is 9.97 Å². The summed E-state index contributed by atoms with van der Waals surface area (Å²) in [7, 11) is 1.64. The second-order valence-corrected chi connectivity index (χ2v) is 3.71. The lowest BCUT2D eigenvalue weighted by atomic mass is 10.1. The highest BCUT2D eigenvalue weighted by Crippen LogP contribution is 2.23. The van der Waals surface area contributed by atoms with E-state index in [2.05, 4.69) is 9.97 Å². The summed E-state index contributed by atoms with van der Waals surface area (Å²) in [5.74, 6) is 1.45. The molecule has 4 nitrogen and oxygen atoms in total. The van der Waals surface area contributed by atoms with Crippen molar-refractivity contribution in [2.24, 2.45) is 0 Å². The minimum Gasteiger partial charge on any atom is -0.496 e. The predicted octanol–water partition coefficient (Wildman–Crippen LogP) is 1.95. The number of aryl methyl sites for hydroxylation is 1.